The molecular formula is C14H8ClF3N4OS. The molecule has 24 heavy (non-hydrogen) atoms. The second kappa shape index (κ2) is 6.40. The molecule has 0 unspecified atom stereocenters. The van der Waals surface area contributed by atoms with Gasteiger partial charge in [0.2, 0.25) is 0 Å². The van der Waals surface area contributed by atoms with Crippen molar-refractivity contribution in [3.63, 3.8) is 0 Å². The van der Waals surface area contributed by atoms with Crippen LogP contribution in [0.1, 0.15) is 11.4 Å². The van der Waals surface area contributed by atoms with E-state index in [1.807, 2.05) is 0 Å². The van der Waals surface area contributed by atoms with E-state index in [4.69, 9.17) is 11.6 Å². The van der Waals surface area contributed by atoms with Gasteiger partial charge in [-0.3, -0.25) is 9.20 Å². The van der Waals surface area contributed by atoms with Crippen molar-refractivity contribution in [1.82, 2.24) is 19.4 Å². The first-order chi connectivity index (χ1) is 11.3. The van der Waals surface area contributed by atoms with Gasteiger partial charge in [0, 0.05) is 24.2 Å². The van der Waals surface area contributed by atoms with E-state index in [2.05, 4.69) is 15.0 Å². The lowest BCUT2D eigenvalue weighted by Crippen LogP contribution is -2.15. The SMILES string of the molecule is O=c1cc(CSc2nccc(C(F)(F)F)n2)nc2ccc(Cl)cn12. The zero-order valence-corrected chi connectivity index (χ0v) is 13.4. The fraction of sp³-hybridized carbons (Fsp3) is 0.143. The molecule has 0 saturated heterocycles. The molecule has 0 atom stereocenters. The summed E-state index contributed by atoms with van der Waals surface area (Å²) in [6.07, 6.45) is -2.04. The second-order valence-electron chi connectivity index (χ2n) is 4.67. The molecule has 0 amide bonds. The van der Waals surface area contributed by atoms with Gasteiger partial charge in [-0.05, 0) is 18.2 Å². The van der Waals surface area contributed by atoms with Gasteiger partial charge in [-0.2, -0.15) is 13.2 Å². The average Bonchev–Trinajstić information content (AvgIpc) is 2.53. The standard InChI is InChI=1S/C14H8ClF3N4OS/c15-8-1-2-11-20-9(5-12(23)22(11)6-8)7-24-13-19-4-3-10(21-13)14(16,17)18/h1-6H,7H2. The molecule has 3 aromatic rings. The normalized spacial score (nSPS) is 11.8. The summed E-state index contributed by atoms with van der Waals surface area (Å²) in [6, 6.07) is 5.27. The predicted octanol–water partition coefficient (Wildman–Crippen LogP) is 3.45. The molecule has 10 heteroatoms. The van der Waals surface area contributed by atoms with Gasteiger partial charge in [0.05, 0.1) is 10.7 Å². The van der Waals surface area contributed by atoms with Gasteiger partial charge in [-0.15, -0.1) is 0 Å². The first kappa shape index (κ1) is 16.7. The van der Waals surface area contributed by atoms with E-state index < -0.39 is 11.9 Å². The lowest BCUT2D eigenvalue weighted by atomic mass is 10.4. The summed E-state index contributed by atoms with van der Waals surface area (Å²) in [7, 11) is 0. The van der Waals surface area contributed by atoms with Crippen LogP contribution in [-0.4, -0.2) is 19.4 Å². The topological polar surface area (TPSA) is 60.2 Å². The Morgan fingerprint density at radius 3 is 2.75 bits per heavy atom. The van der Waals surface area contributed by atoms with Crippen molar-refractivity contribution in [2.45, 2.75) is 17.1 Å². The van der Waals surface area contributed by atoms with Crippen LogP contribution in [0, 0.1) is 0 Å². The number of hydrogen-bond acceptors (Lipinski definition) is 5. The third-order valence-corrected chi connectivity index (χ3v) is 4.07. The third-order valence-electron chi connectivity index (χ3n) is 2.95. The molecule has 5 nitrogen and oxygen atoms in total. The molecule has 0 aliphatic rings. The maximum Gasteiger partial charge on any atom is 0.433 e. The number of hydrogen-bond donors (Lipinski definition) is 0. The fourth-order valence-electron chi connectivity index (χ4n) is 1.91. The quantitative estimate of drug-likeness (QED) is 0.520. The first-order valence-electron chi connectivity index (χ1n) is 6.54. The fourth-order valence-corrected chi connectivity index (χ4v) is 2.79. The van der Waals surface area contributed by atoms with Crippen LogP contribution in [0.5, 0.6) is 0 Å². The highest BCUT2D eigenvalue weighted by Crippen LogP contribution is 2.28. The number of halogens is 4. The van der Waals surface area contributed by atoms with E-state index >= 15 is 0 Å². The van der Waals surface area contributed by atoms with Crippen LogP contribution in [0.25, 0.3) is 5.65 Å². The number of thioether (sulfide) groups is 1. The van der Waals surface area contributed by atoms with Crippen molar-refractivity contribution in [3.8, 4) is 0 Å². The van der Waals surface area contributed by atoms with Gasteiger partial charge < -0.3 is 0 Å². The molecule has 0 N–H and O–H groups in total. The average molecular weight is 373 g/mol. The summed E-state index contributed by atoms with van der Waals surface area (Å²) in [5, 5.41) is 0.355. The highest BCUT2D eigenvalue weighted by atomic mass is 35.5. The second-order valence-corrected chi connectivity index (χ2v) is 6.05. The number of pyridine rings is 1. The van der Waals surface area contributed by atoms with Crippen molar-refractivity contribution < 1.29 is 13.2 Å². The van der Waals surface area contributed by atoms with Gasteiger partial charge in [-0.1, -0.05) is 23.4 Å². The van der Waals surface area contributed by atoms with Crippen molar-refractivity contribution in [2.75, 3.05) is 0 Å². The Labute approximate surface area is 142 Å². The zero-order chi connectivity index (χ0) is 17.3. The monoisotopic (exact) mass is 372 g/mol. The number of aromatic nitrogens is 4. The Kier molecular flexibility index (Phi) is 4.46. The van der Waals surface area contributed by atoms with Crippen LogP contribution in [0.4, 0.5) is 13.2 Å². The largest absolute Gasteiger partial charge is 0.433 e. The van der Waals surface area contributed by atoms with Crippen molar-refractivity contribution in [1.29, 1.82) is 0 Å². The van der Waals surface area contributed by atoms with Crippen LogP contribution < -0.4 is 5.56 Å². The van der Waals surface area contributed by atoms with Crippen LogP contribution in [0.3, 0.4) is 0 Å². The summed E-state index contributed by atoms with van der Waals surface area (Å²) < 4.78 is 39.2. The molecule has 0 aliphatic heterocycles. The molecule has 0 aliphatic carbocycles. The van der Waals surface area contributed by atoms with Crippen LogP contribution in [0.2, 0.25) is 5.02 Å². The van der Waals surface area contributed by atoms with E-state index in [0.717, 1.165) is 24.0 Å². The van der Waals surface area contributed by atoms with Crippen LogP contribution in [0.15, 0.2) is 46.6 Å². The Hall–Kier alpha value is -2.13. The van der Waals surface area contributed by atoms with Gasteiger partial charge >= 0.3 is 6.18 Å². The predicted molar refractivity (Wildman–Crippen MR) is 83.1 cm³/mol. The summed E-state index contributed by atoms with van der Waals surface area (Å²) in [5.74, 6) is 0.162. The summed E-state index contributed by atoms with van der Waals surface area (Å²) in [6.45, 7) is 0. The van der Waals surface area contributed by atoms with Crippen molar-refractivity contribution in [3.05, 3.63) is 63.4 Å². The van der Waals surface area contributed by atoms with E-state index in [0.29, 0.717) is 16.4 Å². The smallest absolute Gasteiger partial charge is 0.269 e. The molecule has 0 spiro atoms. The van der Waals surface area contributed by atoms with Crippen LogP contribution in [-0.2, 0) is 11.9 Å². The Morgan fingerprint density at radius 1 is 1.21 bits per heavy atom. The van der Waals surface area contributed by atoms with Crippen LogP contribution >= 0.6 is 23.4 Å². The Bertz CT molecular complexity index is 961. The molecule has 0 radical (unpaired) electrons. The zero-order valence-electron chi connectivity index (χ0n) is 11.8. The maximum absolute atomic E-state index is 12.6. The summed E-state index contributed by atoms with van der Waals surface area (Å²) in [4.78, 5) is 23.5. The summed E-state index contributed by atoms with van der Waals surface area (Å²) in [5.41, 5.74) is -0.537. The van der Waals surface area contributed by atoms with E-state index in [1.165, 1.54) is 16.7 Å². The molecule has 0 aromatic carbocycles. The lowest BCUT2D eigenvalue weighted by molar-refractivity contribution is -0.141. The Morgan fingerprint density at radius 2 is 2.00 bits per heavy atom. The molecule has 3 heterocycles. The van der Waals surface area contributed by atoms with E-state index in [1.54, 1.807) is 12.1 Å². The minimum atomic E-state index is -4.53. The number of nitrogens with zero attached hydrogens (tertiary/aromatic N) is 4. The van der Waals surface area contributed by atoms with E-state index in [9.17, 15) is 18.0 Å². The van der Waals surface area contributed by atoms with Crippen molar-refractivity contribution in [2.24, 2.45) is 0 Å². The highest BCUT2D eigenvalue weighted by molar-refractivity contribution is 7.98. The van der Waals surface area contributed by atoms with E-state index in [-0.39, 0.29) is 16.5 Å². The maximum atomic E-state index is 12.6. The molecule has 124 valence electrons. The van der Waals surface area contributed by atoms with Gasteiger partial charge in [0.1, 0.15) is 11.3 Å². The number of alkyl halides is 3. The molecule has 0 saturated carbocycles. The molecule has 0 fully saturated rings. The van der Waals surface area contributed by atoms with Gasteiger partial charge in [-0.25, -0.2) is 15.0 Å². The third kappa shape index (κ3) is 3.68. The first-order valence-corrected chi connectivity index (χ1v) is 7.90. The highest BCUT2D eigenvalue weighted by Gasteiger charge is 2.32. The molecule has 3 rings (SSSR count). The lowest BCUT2D eigenvalue weighted by Gasteiger charge is -2.07. The van der Waals surface area contributed by atoms with Gasteiger partial charge in [0.15, 0.2) is 5.16 Å². The van der Waals surface area contributed by atoms with Crippen molar-refractivity contribution >= 4 is 29.0 Å². The summed E-state index contributed by atoms with van der Waals surface area (Å²) >= 11 is 6.79. The minimum absolute atomic E-state index is 0.0390. The Balaban J connectivity index is 1.84. The minimum Gasteiger partial charge on any atom is -0.269 e. The molecule has 3 aromatic heterocycles. The number of rotatable bonds is 3. The molecular weight excluding hydrogens is 365 g/mol. The molecule has 0 bridgehead atoms. The van der Waals surface area contributed by atoms with Gasteiger partial charge in [0.25, 0.3) is 5.56 Å². The number of fused-ring (bicyclic) bond motifs is 1.